The zero-order valence-corrected chi connectivity index (χ0v) is 11.2. The first-order valence-electron chi connectivity index (χ1n) is 5.57. The Kier molecular flexibility index (Phi) is 5.53. The molecule has 1 aromatic heterocycles. The van der Waals surface area contributed by atoms with Gasteiger partial charge in [0.15, 0.2) is 0 Å². The van der Waals surface area contributed by atoms with Crippen LogP contribution in [0.5, 0.6) is 0 Å². The second-order valence-corrected chi connectivity index (χ2v) is 5.30. The van der Waals surface area contributed by atoms with Gasteiger partial charge in [0.25, 0.3) is 0 Å². The maximum atomic E-state index is 6.04. The molecule has 0 saturated heterocycles. The minimum absolute atomic E-state index is 0.0940. The van der Waals surface area contributed by atoms with Gasteiger partial charge in [-0.25, -0.2) is 0 Å². The first kappa shape index (κ1) is 13.8. The number of nitrogens with two attached hydrogens (primary N) is 1. The summed E-state index contributed by atoms with van der Waals surface area (Å²) in [6.45, 7) is 4.41. The predicted molar refractivity (Wildman–Crippen MR) is 69.9 cm³/mol. The summed E-state index contributed by atoms with van der Waals surface area (Å²) in [6.07, 6.45) is 4.77. The van der Waals surface area contributed by atoms with Crippen LogP contribution in [-0.2, 0) is 0 Å². The van der Waals surface area contributed by atoms with Crippen molar-refractivity contribution >= 4 is 23.2 Å². The van der Waals surface area contributed by atoms with Crippen LogP contribution in [0.3, 0.4) is 0 Å². The van der Waals surface area contributed by atoms with Crippen LogP contribution in [0.2, 0.25) is 10.0 Å². The topological polar surface area (TPSA) is 38.9 Å². The molecule has 0 fully saturated rings. The fraction of sp³-hybridized carbons (Fsp3) is 0.583. The summed E-state index contributed by atoms with van der Waals surface area (Å²) in [4.78, 5) is 4.19. The summed E-state index contributed by atoms with van der Waals surface area (Å²) in [6, 6.07) is 1.59. The number of nitrogens with zero attached hydrogens (tertiary/aromatic N) is 1. The maximum absolute atomic E-state index is 6.04. The third-order valence-corrected chi connectivity index (χ3v) is 2.99. The Bertz CT molecular complexity index is 340. The van der Waals surface area contributed by atoms with Crippen LogP contribution in [-0.4, -0.2) is 4.98 Å². The van der Waals surface area contributed by atoms with E-state index < -0.39 is 0 Å². The predicted octanol–water partition coefficient (Wildman–Crippen LogP) is 4.21. The average molecular weight is 261 g/mol. The van der Waals surface area contributed by atoms with Gasteiger partial charge in [0, 0.05) is 12.2 Å². The van der Waals surface area contributed by atoms with Crippen molar-refractivity contribution in [1.29, 1.82) is 0 Å². The van der Waals surface area contributed by atoms with Crippen molar-refractivity contribution in [2.24, 2.45) is 11.7 Å². The summed E-state index contributed by atoms with van der Waals surface area (Å²) in [7, 11) is 0. The van der Waals surface area contributed by atoms with E-state index in [0.29, 0.717) is 16.0 Å². The Morgan fingerprint density at radius 3 is 2.56 bits per heavy atom. The molecule has 0 amide bonds. The maximum Gasteiger partial charge on any atom is 0.0757 e. The molecular weight excluding hydrogens is 243 g/mol. The third kappa shape index (κ3) is 4.28. The number of rotatable bonds is 5. The first-order chi connectivity index (χ1) is 7.50. The highest BCUT2D eigenvalue weighted by Gasteiger charge is 2.12. The van der Waals surface area contributed by atoms with Crippen molar-refractivity contribution in [2.75, 3.05) is 0 Å². The van der Waals surface area contributed by atoms with Gasteiger partial charge < -0.3 is 5.73 Å². The van der Waals surface area contributed by atoms with E-state index in [4.69, 9.17) is 28.9 Å². The van der Waals surface area contributed by atoms with E-state index in [1.165, 1.54) is 6.42 Å². The summed E-state index contributed by atoms with van der Waals surface area (Å²) < 4.78 is 0. The lowest BCUT2D eigenvalue weighted by molar-refractivity contribution is 0.501. The summed E-state index contributed by atoms with van der Waals surface area (Å²) in [5, 5.41) is 1.10. The lowest BCUT2D eigenvalue weighted by atomic mass is 10.0. The Hall–Kier alpha value is -0.310. The number of aromatic nitrogens is 1. The van der Waals surface area contributed by atoms with E-state index in [2.05, 4.69) is 18.8 Å². The normalized spacial score (nSPS) is 13.1. The number of halogens is 2. The van der Waals surface area contributed by atoms with Crippen LogP contribution in [0.15, 0.2) is 12.3 Å². The number of pyridine rings is 1. The molecular formula is C12H18Cl2N2. The molecule has 4 heteroatoms. The van der Waals surface area contributed by atoms with Gasteiger partial charge in [-0.15, -0.1) is 0 Å². The van der Waals surface area contributed by atoms with Gasteiger partial charge in [0.05, 0.1) is 15.7 Å². The average Bonchev–Trinajstić information content (AvgIpc) is 2.16. The minimum atomic E-state index is -0.0940. The van der Waals surface area contributed by atoms with Gasteiger partial charge in [0.1, 0.15) is 0 Å². The van der Waals surface area contributed by atoms with Gasteiger partial charge in [-0.1, -0.05) is 49.9 Å². The molecule has 0 aliphatic rings. The largest absolute Gasteiger partial charge is 0.323 e. The van der Waals surface area contributed by atoms with Crippen LogP contribution in [0, 0.1) is 5.92 Å². The molecule has 1 aromatic rings. The molecule has 16 heavy (non-hydrogen) atoms. The fourth-order valence-corrected chi connectivity index (χ4v) is 2.10. The SMILES string of the molecule is CC(C)CCCC(N)c1ncc(Cl)cc1Cl. The van der Waals surface area contributed by atoms with Crippen LogP contribution in [0.25, 0.3) is 0 Å². The Morgan fingerprint density at radius 2 is 2.00 bits per heavy atom. The number of hydrogen-bond acceptors (Lipinski definition) is 2. The molecule has 1 unspecified atom stereocenters. The smallest absolute Gasteiger partial charge is 0.0757 e. The van der Waals surface area contributed by atoms with Crippen molar-refractivity contribution < 1.29 is 0 Å². The fourth-order valence-electron chi connectivity index (χ4n) is 1.58. The van der Waals surface area contributed by atoms with Crippen LogP contribution in [0.1, 0.15) is 44.8 Å². The Labute approximate surface area is 107 Å². The molecule has 0 aromatic carbocycles. The first-order valence-corrected chi connectivity index (χ1v) is 6.32. The van der Waals surface area contributed by atoms with Crippen molar-refractivity contribution in [1.82, 2.24) is 4.98 Å². The lowest BCUT2D eigenvalue weighted by Crippen LogP contribution is -2.12. The van der Waals surface area contributed by atoms with E-state index in [1.54, 1.807) is 12.3 Å². The molecule has 1 rings (SSSR count). The van der Waals surface area contributed by atoms with Crippen molar-refractivity contribution in [3.63, 3.8) is 0 Å². The van der Waals surface area contributed by atoms with Crippen molar-refractivity contribution in [3.05, 3.63) is 28.0 Å². The monoisotopic (exact) mass is 260 g/mol. The second kappa shape index (κ2) is 6.43. The zero-order valence-electron chi connectivity index (χ0n) is 9.71. The molecule has 0 aliphatic heterocycles. The highest BCUT2D eigenvalue weighted by molar-refractivity contribution is 6.34. The summed E-state index contributed by atoms with van der Waals surface area (Å²) in [5.74, 6) is 0.709. The molecule has 0 radical (unpaired) electrons. The Balaban J connectivity index is 2.55. The van der Waals surface area contributed by atoms with E-state index in [0.717, 1.165) is 18.5 Å². The molecule has 1 heterocycles. The zero-order chi connectivity index (χ0) is 12.1. The lowest BCUT2D eigenvalue weighted by Gasteiger charge is -2.13. The molecule has 0 spiro atoms. The standard InChI is InChI=1S/C12H18Cl2N2/c1-8(2)4-3-5-11(15)12-10(14)6-9(13)7-16-12/h6-8,11H,3-5,15H2,1-2H3. The quantitative estimate of drug-likeness (QED) is 0.862. The van der Waals surface area contributed by atoms with Gasteiger partial charge in [-0.3, -0.25) is 4.98 Å². The highest BCUT2D eigenvalue weighted by Crippen LogP contribution is 2.25. The van der Waals surface area contributed by atoms with Gasteiger partial charge >= 0.3 is 0 Å². The van der Waals surface area contributed by atoms with E-state index >= 15 is 0 Å². The summed E-state index contributed by atoms with van der Waals surface area (Å²) >= 11 is 11.8. The molecule has 0 saturated carbocycles. The molecule has 2 nitrogen and oxygen atoms in total. The number of hydrogen-bond donors (Lipinski definition) is 1. The summed E-state index contributed by atoms with van der Waals surface area (Å²) in [5.41, 5.74) is 6.79. The van der Waals surface area contributed by atoms with E-state index in [1.807, 2.05) is 0 Å². The molecule has 0 bridgehead atoms. The van der Waals surface area contributed by atoms with Crippen LogP contribution < -0.4 is 5.73 Å². The molecule has 90 valence electrons. The molecule has 0 aliphatic carbocycles. The highest BCUT2D eigenvalue weighted by atomic mass is 35.5. The third-order valence-electron chi connectivity index (χ3n) is 2.48. The minimum Gasteiger partial charge on any atom is -0.323 e. The molecule has 1 atom stereocenters. The Morgan fingerprint density at radius 1 is 1.31 bits per heavy atom. The van der Waals surface area contributed by atoms with Gasteiger partial charge in [-0.05, 0) is 18.4 Å². The van der Waals surface area contributed by atoms with Crippen molar-refractivity contribution in [2.45, 2.75) is 39.2 Å². The molecule has 2 N–H and O–H groups in total. The van der Waals surface area contributed by atoms with Crippen LogP contribution >= 0.6 is 23.2 Å². The van der Waals surface area contributed by atoms with Gasteiger partial charge in [-0.2, -0.15) is 0 Å². The van der Waals surface area contributed by atoms with E-state index in [9.17, 15) is 0 Å². The second-order valence-electron chi connectivity index (χ2n) is 4.45. The van der Waals surface area contributed by atoms with Crippen LogP contribution in [0.4, 0.5) is 0 Å². The van der Waals surface area contributed by atoms with Crippen molar-refractivity contribution in [3.8, 4) is 0 Å². The van der Waals surface area contributed by atoms with Gasteiger partial charge in [0.2, 0.25) is 0 Å². The van der Waals surface area contributed by atoms with E-state index in [-0.39, 0.29) is 6.04 Å².